The maximum atomic E-state index is 12.0. The fourth-order valence-electron chi connectivity index (χ4n) is 8.16. The molecular formula is C97H183N9O8. The van der Waals surface area contributed by atoms with Crippen molar-refractivity contribution >= 4 is 35.4 Å². The Balaban J connectivity index is -0.000000302. The van der Waals surface area contributed by atoms with Crippen molar-refractivity contribution in [2.75, 3.05) is 65.9 Å². The predicted octanol–water partition coefficient (Wildman–Crippen LogP) is 21.2. The van der Waals surface area contributed by atoms with Gasteiger partial charge < -0.3 is 57.3 Å². The van der Waals surface area contributed by atoms with Gasteiger partial charge in [-0.15, -0.1) is 0 Å². The zero-order valence-corrected chi connectivity index (χ0v) is 82.1. The normalized spacial score (nSPS) is 12.1. The molecule has 9 N–H and O–H groups in total. The number of hydrogen-bond acceptors (Lipinski definition) is 11. The van der Waals surface area contributed by atoms with E-state index in [1.807, 2.05) is 149 Å². The van der Waals surface area contributed by atoms with Gasteiger partial charge in [0.1, 0.15) is 12.4 Å². The van der Waals surface area contributed by atoms with Gasteiger partial charge in [-0.25, -0.2) is 0 Å². The molecule has 664 valence electrons. The first-order chi connectivity index (χ1) is 50.5. The Kier molecular flexibility index (Phi) is 55.9. The van der Waals surface area contributed by atoms with Crippen molar-refractivity contribution in [1.29, 1.82) is 0 Å². The van der Waals surface area contributed by atoms with Gasteiger partial charge >= 0.3 is 0 Å². The van der Waals surface area contributed by atoms with Crippen LogP contribution in [0.2, 0.25) is 0 Å². The van der Waals surface area contributed by atoms with E-state index in [1.165, 1.54) is 24.2 Å². The molecule has 114 heavy (non-hydrogen) atoms. The minimum Gasteiger partial charge on any atom is -0.493 e. The molecule has 0 saturated heterocycles. The van der Waals surface area contributed by atoms with Gasteiger partial charge in [0, 0.05) is 72.2 Å². The van der Waals surface area contributed by atoms with E-state index in [0.717, 1.165) is 55.9 Å². The smallest absolute Gasteiger partial charge is 0.246 e. The summed E-state index contributed by atoms with van der Waals surface area (Å²) in [4.78, 5) is 69.4. The highest BCUT2D eigenvalue weighted by molar-refractivity contribution is 5.82. The summed E-state index contributed by atoms with van der Waals surface area (Å²) in [6, 6.07) is 7.54. The van der Waals surface area contributed by atoms with Crippen molar-refractivity contribution in [2.45, 2.75) is 349 Å². The molecule has 0 saturated carbocycles. The number of benzene rings is 1. The first-order valence-corrected chi connectivity index (χ1v) is 41.6. The monoisotopic (exact) mass is 1600 g/mol. The molecule has 1 aromatic carbocycles. The Bertz CT molecular complexity index is 2960. The summed E-state index contributed by atoms with van der Waals surface area (Å²) in [6.45, 7) is 106. The largest absolute Gasteiger partial charge is 0.493 e. The van der Waals surface area contributed by atoms with Crippen LogP contribution in [0.15, 0.2) is 61.1 Å². The van der Waals surface area contributed by atoms with Gasteiger partial charge in [-0.05, 0) is 151 Å². The lowest BCUT2D eigenvalue weighted by atomic mass is 9.90. The molecule has 17 heteroatoms. The highest BCUT2D eigenvalue weighted by Gasteiger charge is 2.23. The van der Waals surface area contributed by atoms with E-state index in [-0.39, 0.29) is 105 Å². The number of ether oxygens (including phenoxy) is 2. The third kappa shape index (κ3) is 106. The van der Waals surface area contributed by atoms with Gasteiger partial charge in [0.05, 0.1) is 46.1 Å². The standard InChI is InChI=1S/C20H32N2O3.C14H25NO2.C13H26N2O2.2C13H27N.C12H21NO.C12H25N/c1-19(2,3)12-18(24)22-14-21-17(23)11-15-8-7-9-16(10-15)25-13-20(4,5)6;1-13(2,3)8-7-9-15-12(16)10-17-11-14(4,5)6;1-12(2,3)7-10(16)14-9-15-11(17)8-13(4,5)6;2*1-11(8-9-12(2,3)4)14-10-13(5,6)7;1-11(2,3)8-7-9-13-10(14)12(4,5)6;1-10(8-11(2,3)4)13-9-12(5,6)7/h7-10H,11-14H2,1-6H3,(H,21,23)(H,22,24);9-11H2,1-6H3,(H,15,16);7-9H2,1-6H3,(H,14,16)(H,15,17);2*14H,1,8-10H2,2-7H3;9H2,1-6H3,(H,13,14);13H,1,8-9H2,2-7H3. The molecule has 0 aliphatic carbocycles. The third-order valence-electron chi connectivity index (χ3n) is 13.9. The minimum atomic E-state index is -0.330. The van der Waals surface area contributed by atoms with Crippen molar-refractivity contribution in [2.24, 2.45) is 75.8 Å². The average Bonchev–Trinajstić information content (AvgIpc) is 0.883. The van der Waals surface area contributed by atoms with Crippen LogP contribution in [-0.4, -0.2) is 101 Å². The lowest BCUT2D eigenvalue weighted by Gasteiger charge is -2.24. The van der Waals surface area contributed by atoms with Crippen molar-refractivity contribution in [3.8, 4) is 29.4 Å². The summed E-state index contributed by atoms with van der Waals surface area (Å²) in [7, 11) is 0. The van der Waals surface area contributed by atoms with E-state index in [2.05, 4.69) is 257 Å². The Morgan fingerprint density at radius 1 is 0.342 bits per heavy atom. The van der Waals surface area contributed by atoms with Gasteiger partial charge in [0.15, 0.2) is 0 Å². The van der Waals surface area contributed by atoms with Crippen molar-refractivity contribution < 1.29 is 38.2 Å². The van der Waals surface area contributed by atoms with Crippen LogP contribution in [0.25, 0.3) is 0 Å². The minimum absolute atomic E-state index is 0.00641. The lowest BCUT2D eigenvalue weighted by Crippen LogP contribution is -2.39. The van der Waals surface area contributed by atoms with E-state index in [9.17, 15) is 28.8 Å². The molecule has 0 unspecified atom stereocenters. The van der Waals surface area contributed by atoms with Gasteiger partial charge in [-0.3, -0.25) is 28.8 Å². The fourth-order valence-corrected chi connectivity index (χ4v) is 8.16. The molecule has 0 atom stereocenters. The Labute approximate surface area is 704 Å². The molecule has 0 aliphatic rings. The second kappa shape index (κ2) is 53.8. The number of carbonyl (C=O) groups excluding carboxylic acids is 6. The number of hydrogen-bond donors (Lipinski definition) is 9. The summed E-state index contributed by atoms with van der Waals surface area (Å²) in [5, 5.41) is 26.5. The zero-order chi connectivity index (χ0) is 91.2. The van der Waals surface area contributed by atoms with E-state index < -0.39 is 0 Å². The second-order valence-electron chi connectivity index (χ2n) is 46.9. The maximum absolute atomic E-state index is 12.0. The first-order valence-electron chi connectivity index (χ1n) is 41.6. The van der Waals surface area contributed by atoms with E-state index in [1.54, 1.807) is 0 Å². The van der Waals surface area contributed by atoms with Crippen molar-refractivity contribution in [3.05, 3.63) is 66.7 Å². The average molecular weight is 1600 g/mol. The van der Waals surface area contributed by atoms with Crippen LogP contribution in [0.3, 0.4) is 0 Å². The molecule has 0 bridgehead atoms. The highest BCUT2D eigenvalue weighted by atomic mass is 16.5. The van der Waals surface area contributed by atoms with Crippen LogP contribution in [0.1, 0.15) is 348 Å². The fraction of sp³-hybridized carbons (Fsp3) is 0.773. The quantitative estimate of drug-likeness (QED) is 0.0297. The number of nitrogens with one attached hydrogen (secondary N) is 9. The summed E-state index contributed by atoms with van der Waals surface area (Å²) >= 11 is 0. The van der Waals surface area contributed by atoms with Crippen molar-refractivity contribution in [3.63, 3.8) is 0 Å². The van der Waals surface area contributed by atoms with Crippen molar-refractivity contribution in [1.82, 2.24) is 47.9 Å². The Morgan fingerprint density at radius 3 is 0.965 bits per heavy atom. The Hall–Kier alpha value is -6.46. The van der Waals surface area contributed by atoms with E-state index in [4.69, 9.17) is 9.47 Å². The topological polar surface area (TPSA) is 229 Å². The van der Waals surface area contributed by atoms with E-state index in [0.29, 0.717) is 78.1 Å². The molecule has 0 aliphatic heterocycles. The Morgan fingerprint density at radius 2 is 0.667 bits per heavy atom. The number of rotatable bonds is 27. The molecule has 17 nitrogen and oxygen atoms in total. The molecular weight excluding hydrogens is 1420 g/mol. The lowest BCUT2D eigenvalue weighted by molar-refractivity contribution is -0.128. The van der Waals surface area contributed by atoms with Gasteiger partial charge in [-0.2, -0.15) is 0 Å². The van der Waals surface area contributed by atoms with Gasteiger partial charge in [-0.1, -0.05) is 305 Å². The number of amides is 6. The van der Waals surface area contributed by atoms with Crippen LogP contribution in [0.4, 0.5) is 0 Å². The first kappa shape index (κ1) is 118. The third-order valence-corrected chi connectivity index (χ3v) is 13.9. The predicted molar refractivity (Wildman–Crippen MR) is 491 cm³/mol. The number of carbonyl (C=O) groups is 6. The van der Waals surface area contributed by atoms with Crippen LogP contribution in [0, 0.1) is 99.5 Å². The number of allylic oxidation sites excluding steroid dienone is 3. The molecule has 0 radical (unpaired) electrons. The summed E-state index contributed by atoms with van der Waals surface area (Å²) in [5.41, 5.74) is 6.25. The van der Waals surface area contributed by atoms with Crippen LogP contribution >= 0.6 is 0 Å². The molecule has 1 aromatic rings. The zero-order valence-electron chi connectivity index (χ0n) is 82.1. The molecule has 0 spiro atoms. The molecule has 0 aromatic heterocycles. The second-order valence-corrected chi connectivity index (χ2v) is 46.9. The van der Waals surface area contributed by atoms with Crippen LogP contribution in [-0.2, 0) is 39.9 Å². The molecule has 0 heterocycles. The van der Waals surface area contributed by atoms with Crippen LogP contribution < -0.4 is 52.6 Å². The van der Waals surface area contributed by atoms with Gasteiger partial charge in [0.25, 0.3) is 0 Å². The summed E-state index contributed by atoms with van der Waals surface area (Å²) < 4.78 is 11.1. The maximum Gasteiger partial charge on any atom is 0.246 e. The molecule has 1 rings (SSSR count). The summed E-state index contributed by atoms with van der Waals surface area (Å²) in [6.07, 6.45) is 7.20. The van der Waals surface area contributed by atoms with Gasteiger partial charge in [0.2, 0.25) is 35.4 Å². The summed E-state index contributed by atoms with van der Waals surface area (Å²) in [5.74, 6) is 12.4. The SMILES string of the molecule is C=C(CC(C)(C)C)NCC(C)(C)C.C=C(CCC(C)(C)C)NCC(C)(C)C.C=C(CCC(C)(C)C)NCC(C)(C)C.CC(C)(C)C#CCNC(=O)C(C)(C)C.CC(C)(C)C#CCNC(=O)COCC(C)(C)C.CC(C)(C)CC(=O)NCNC(=O)CC(C)(C)C.CC(C)(C)COc1cccc(CC(=O)NCNC(=O)CC(C)(C)C)c1. The van der Waals surface area contributed by atoms with E-state index >= 15 is 0 Å². The molecule has 0 fully saturated rings. The highest BCUT2D eigenvalue weighted by Crippen LogP contribution is 2.27. The molecule has 6 amide bonds. The van der Waals surface area contributed by atoms with Crippen LogP contribution in [0.5, 0.6) is 5.75 Å².